The van der Waals surface area contributed by atoms with Gasteiger partial charge in [0.25, 0.3) is 0 Å². The lowest BCUT2D eigenvalue weighted by molar-refractivity contribution is 0.0967. The molecule has 21 heavy (non-hydrogen) atoms. The molecule has 2 aliphatic rings. The molecule has 3 nitrogen and oxygen atoms in total. The van der Waals surface area contributed by atoms with Crippen molar-refractivity contribution in [3.05, 3.63) is 36.7 Å². The number of hydrogen-bond donors (Lipinski definition) is 0. The Labute approximate surface area is 131 Å². The molecule has 112 valence electrons. The maximum absolute atomic E-state index is 6.16. The van der Waals surface area contributed by atoms with Crippen molar-refractivity contribution in [3.63, 3.8) is 0 Å². The number of rotatable bonds is 3. The van der Waals surface area contributed by atoms with Gasteiger partial charge in [-0.05, 0) is 55.3 Å². The van der Waals surface area contributed by atoms with Crippen molar-refractivity contribution in [3.8, 4) is 5.75 Å². The lowest BCUT2D eigenvalue weighted by atomic mass is 10.1. The molecule has 4 rings (SSSR count). The predicted molar refractivity (Wildman–Crippen MR) is 87.2 cm³/mol. The molecule has 2 aromatic rings. The van der Waals surface area contributed by atoms with Gasteiger partial charge in [0, 0.05) is 36.9 Å². The first-order valence-corrected chi connectivity index (χ1v) is 7.63. The maximum atomic E-state index is 6.16. The summed E-state index contributed by atoms with van der Waals surface area (Å²) in [5.74, 6) is 0.994. The average molecular weight is 305 g/mol. The predicted octanol–water partition coefficient (Wildman–Crippen LogP) is 3.66. The molecule has 0 bridgehead atoms. The number of aromatic nitrogens is 1. The highest BCUT2D eigenvalue weighted by Crippen LogP contribution is 2.30. The van der Waals surface area contributed by atoms with Gasteiger partial charge in [-0.2, -0.15) is 0 Å². The molecule has 0 radical (unpaired) electrons. The van der Waals surface area contributed by atoms with Gasteiger partial charge in [-0.25, -0.2) is 0 Å². The highest BCUT2D eigenvalue weighted by atomic mass is 35.5. The molecule has 2 heterocycles. The van der Waals surface area contributed by atoms with Gasteiger partial charge in [-0.1, -0.05) is 0 Å². The first kappa shape index (κ1) is 14.6. The summed E-state index contributed by atoms with van der Waals surface area (Å²) >= 11 is 0. The van der Waals surface area contributed by atoms with E-state index in [1.54, 1.807) is 0 Å². The van der Waals surface area contributed by atoms with Crippen molar-refractivity contribution in [2.24, 2.45) is 0 Å². The monoisotopic (exact) mass is 304 g/mol. The zero-order valence-corrected chi connectivity index (χ0v) is 12.9. The van der Waals surface area contributed by atoms with Crippen LogP contribution in [-0.4, -0.2) is 35.1 Å². The van der Waals surface area contributed by atoms with Crippen LogP contribution in [0.4, 0.5) is 0 Å². The van der Waals surface area contributed by atoms with Gasteiger partial charge in [0.2, 0.25) is 0 Å². The van der Waals surface area contributed by atoms with Crippen molar-refractivity contribution in [2.75, 3.05) is 13.1 Å². The van der Waals surface area contributed by atoms with Crippen molar-refractivity contribution in [1.29, 1.82) is 0 Å². The number of halogens is 1. The van der Waals surface area contributed by atoms with Gasteiger partial charge in [0.05, 0.1) is 0 Å². The molecule has 0 spiro atoms. The molecule has 1 saturated heterocycles. The molecule has 1 aliphatic carbocycles. The van der Waals surface area contributed by atoms with Crippen molar-refractivity contribution >= 4 is 23.2 Å². The fourth-order valence-corrected chi connectivity index (χ4v) is 3.13. The van der Waals surface area contributed by atoms with Crippen LogP contribution in [0.1, 0.15) is 25.7 Å². The summed E-state index contributed by atoms with van der Waals surface area (Å²) in [6.45, 7) is 2.40. The Hall–Kier alpha value is -1.32. The molecule has 0 amide bonds. The minimum atomic E-state index is 0. The van der Waals surface area contributed by atoms with E-state index < -0.39 is 0 Å². The van der Waals surface area contributed by atoms with Crippen LogP contribution in [0.3, 0.4) is 0 Å². The summed E-state index contributed by atoms with van der Waals surface area (Å²) in [7, 11) is 0. The second-order valence-corrected chi connectivity index (χ2v) is 5.97. The minimum Gasteiger partial charge on any atom is -0.490 e. The molecule has 1 aliphatic heterocycles. The number of fused-ring (bicyclic) bond motifs is 1. The number of hydrogen-bond acceptors (Lipinski definition) is 3. The maximum Gasteiger partial charge on any atom is 0.120 e. The van der Waals surface area contributed by atoms with E-state index in [1.807, 2.05) is 18.5 Å². The lowest BCUT2D eigenvalue weighted by Gasteiger charge is -2.32. The molecule has 1 saturated carbocycles. The van der Waals surface area contributed by atoms with Crippen LogP contribution in [0, 0.1) is 0 Å². The third-order valence-electron chi connectivity index (χ3n) is 4.45. The largest absolute Gasteiger partial charge is 0.490 e. The highest BCUT2D eigenvalue weighted by molar-refractivity contribution is 5.85. The van der Waals surface area contributed by atoms with Crippen LogP contribution in [0.25, 0.3) is 10.8 Å². The van der Waals surface area contributed by atoms with Gasteiger partial charge in [0.1, 0.15) is 11.9 Å². The van der Waals surface area contributed by atoms with E-state index in [0.717, 1.165) is 24.6 Å². The Kier molecular flexibility index (Phi) is 4.32. The average Bonchev–Trinajstić information content (AvgIpc) is 3.33. The zero-order chi connectivity index (χ0) is 13.4. The highest BCUT2D eigenvalue weighted by Gasteiger charge is 2.32. The van der Waals surface area contributed by atoms with E-state index in [-0.39, 0.29) is 12.4 Å². The topological polar surface area (TPSA) is 25.4 Å². The number of pyridine rings is 1. The Bertz CT molecular complexity index is 607. The van der Waals surface area contributed by atoms with Crippen molar-refractivity contribution < 1.29 is 4.74 Å². The van der Waals surface area contributed by atoms with E-state index in [9.17, 15) is 0 Å². The van der Waals surface area contributed by atoms with Crippen molar-refractivity contribution in [2.45, 2.75) is 37.8 Å². The second-order valence-electron chi connectivity index (χ2n) is 5.97. The van der Waals surface area contributed by atoms with Crippen LogP contribution in [-0.2, 0) is 0 Å². The Balaban J connectivity index is 0.00000132. The van der Waals surface area contributed by atoms with E-state index in [1.165, 1.54) is 36.7 Å². The van der Waals surface area contributed by atoms with Gasteiger partial charge in [0.15, 0.2) is 0 Å². The normalized spacial score (nSPS) is 20.2. The molecule has 4 heteroatoms. The third kappa shape index (κ3) is 3.30. The van der Waals surface area contributed by atoms with Crippen LogP contribution in [0.15, 0.2) is 36.7 Å². The summed E-state index contributed by atoms with van der Waals surface area (Å²) in [4.78, 5) is 6.77. The van der Waals surface area contributed by atoms with E-state index in [2.05, 4.69) is 28.1 Å². The van der Waals surface area contributed by atoms with E-state index in [4.69, 9.17) is 4.74 Å². The van der Waals surface area contributed by atoms with E-state index in [0.29, 0.717) is 6.10 Å². The quantitative estimate of drug-likeness (QED) is 0.865. The number of ether oxygens (including phenoxy) is 1. The zero-order valence-electron chi connectivity index (χ0n) is 12.1. The van der Waals surface area contributed by atoms with Crippen LogP contribution >= 0.6 is 12.4 Å². The number of nitrogens with zero attached hydrogens (tertiary/aromatic N) is 2. The SMILES string of the molecule is Cl.c1cc2cc(OC3CCN(C4CC4)CC3)ccc2cn1. The Morgan fingerprint density at radius 1 is 1.00 bits per heavy atom. The molecule has 0 unspecified atom stereocenters. The van der Waals surface area contributed by atoms with Gasteiger partial charge < -0.3 is 9.64 Å². The lowest BCUT2D eigenvalue weighted by Crippen LogP contribution is -2.39. The second kappa shape index (κ2) is 6.20. The Morgan fingerprint density at radius 2 is 1.81 bits per heavy atom. The van der Waals surface area contributed by atoms with Crippen LogP contribution in [0.2, 0.25) is 0 Å². The minimum absolute atomic E-state index is 0. The molecular formula is C17H21ClN2O. The third-order valence-corrected chi connectivity index (χ3v) is 4.45. The summed E-state index contributed by atoms with van der Waals surface area (Å²) in [6.07, 6.45) is 9.24. The summed E-state index contributed by atoms with van der Waals surface area (Å²) in [5, 5.41) is 2.37. The summed E-state index contributed by atoms with van der Waals surface area (Å²) < 4.78 is 6.16. The summed E-state index contributed by atoms with van der Waals surface area (Å²) in [5.41, 5.74) is 0. The molecule has 2 fully saturated rings. The van der Waals surface area contributed by atoms with Gasteiger partial charge >= 0.3 is 0 Å². The molecular weight excluding hydrogens is 284 g/mol. The standard InChI is InChI=1S/C17H20N2O.ClH/c1-4-17(11-13-5-8-18-12-14(1)13)20-16-6-9-19(10-7-16)15-2-3-15;/h1,4-5,8,11-12,15-16H,2-3,6-7,9-10H2;1H. The fraction of sp³-hybridized carbons (Fsp3) is 0.471. The number of likely N-dealkylation sites (tertiary alicyclic amines) is 1. The van der Waals surface area contributed by atoms with Crippen LogP contribution < -0.4 is 4.74 Å². The first-order chi connectivity index (χ1) is 9.88. The number of piperidine rings is 1. The van der Waals surface area contributed by atoms with Crippen LogP contribution in [0.5, 0.6) is 5.75 Å². The Morgan fingerprint density at radius 3 is 2.57 bits per heavy atom. The molecule has 1 aromatic carbocycles. The first-order valence-electron chi connectivity index (χ1n) is 7.63. The molecule has 0 atom stereocenters. The van der Waals surface area contributed by atoms with Gasteiger partial charge in [-0.3, -0.25) is 4.98 Å². The smallest absolute Gasteiger partial charge is 0.120 e. The van der Waals surface area contributed by atoms with E-state index >= 15 is 0 Å². The fourth-order valence-electron chi connectivity index (χ4n) is 3.13. The van der Waals surface area contributed by atoms with Crippen molar-refractivity contribution in [1.82, 2.24) is 9.88 Å². The van der Waals surface area contributed by atoms with Gasteiger partial charge in [-0.15, -0.1) is 12.4 Å². The molecule has 0 N–H and O–H groups in total. The summed E-state index contributed by atoms with van der Waals surface area (Å²) in [6, 6.07) is 9.22. The number of benzene rings is 1. The molecule has 1 aromatic heterocycles.